The summed E-state index contributed by atoms with van der Waals surface area (Å²) in [7, 11) is 0. The number of esters is 1. The smallest absolute Gasteiger partial charge is 0.316 e. The highest BCUT2D eigenvalue weighted by Gasteiger charge is 2.68. The molecule has 8 atom stereocenters. The Morgan fingerprint density at radius 2 is 1.97 bits per heavy atom. The average Bonchev–Trinajstić information content (AvgIpc) is 3.21. The fourth-order valence-electron chi connectivity index (χ4n) is 7.61. The number of Topliss-reactive ketones (excluding diaryl/α,β-unsaturated/α-hetero) is 1. The van der Waals surface area contributed by atoms with Crippen molar-refractivity contribution in [2.75, 3.05) is 5.75 Å². The molecule has 192 valence electrons. The minimum absolute atomic E-state index is 0.0454. The Morgan fingerprint density at radius 3 is 2.66 bits per heavy atom. The summed E-state index contributed by atoms with van der Waals surface area (Å²) in [6.45, 7) is 12.4. The zero-order valence-corrected chi connectivity index (χ0v) is 22.3. The van der Waals surface area contributed by atoms with Crippen molar-refractivity contribution in [1.29, 1.82) is 0 Å². The monoisotopic (exact) mass is 500 g/mol. The standard InChI is InChI=1S/C29H40O5S/c1-6-27(4)15-23(34-24(32)17-35-22-10-8-7-9-20(22)16-30)28(5)18(2)11-13-29(19(3)26(27)33)14-12-21(31)25(28)29/h6-10,18-19,23,25-26,30,33H,1,11-17H2,2-5H3/t18?,19-,23+,25?,26-,27+,28-,29?/m0/s1. The predicted molar refractivity (Wildman–Crippen MR) is 138 cm³/mol. The Kier molecular flexibility index (Phi) is 7.31. The van der Waals surface area contributed by atoms with Crippen LogP contribution in [0, 0.1) is 34.0 Å². The molecule has 0 heterocycles. The molecular weight excluding hydrogens is 460 g/mol. The molecule has 0 spiro atoms. The normalized spacial score (nSPS) is 41.0. The van der Waals surface area contributed by atoms with Crippen molar-refractivity contribution in [2.24, 2.45) is 34.0 Å². The van der Waals surface area contributed by atoms with Gasteiger partial charge in [-0.15, -0.1) is 18.3 Å². The number of rotatable bonds is 6. The molecule has 4 rings (SSSR count). The molecule has 3 saturated carbocycles. The van der Waals surface area contributed by atoms with E-state index >= 15 is 0 Å². The Bertz CT molecular complexity index is 993. The molecule has 35 heavy (non-hydrogen) atoms. The largest absolute Gasteiger partial charge is 0.461 e. The van der Waals surface area contributed by atoms with Gasteiger partial charge in [-0.05, 0) is 54.6 Å². The molecule has 0 saturated heterocycles. The van der Waals surface area contributed by atoms with Gasteiger partial charge in [0.2, 0.25) is 0 Å². The van der Waals surface area contributed by atoms with Crippen LogP contribution >= 0.6 is 11.8 Å². The first-order chi connectivity index (χ1) is 16.5. The molecular formula is C29H40O5S. The van der Waals surface area contributed by atoms with E-state index in [4.69, 9.17) is 4.74 Å². The summed E-state index contributed by atoms with van der Waals surface area (Å²) >= 11 is 1.35. The Morgan fingerprint density at radius 1 is 1.26 bits per heavy atom. The Balaban J connectivity index is 1.68. The van der Waals surface area contributed by atoms with Crippen molar-refractivity contribution in [3.8, 4) is 0 Å². The lowest BCUT2D eigenvalue weighted by atomic mass is 9.44. The summed E-state index contributed by atoms with van der Waals surface area (Å²) in [6.07, 6.45) is 4.27. The number of hydrogen-bond acceptors (Lipinski definition) is 6. The van der Waals surface area contributed by atoms with Gasteiger partial charge in [0, 0.05) is 28.1 Å². The van der Waals surface area contributed by atoms with Crippen LogP contribution < -0.4 is 0 Å². The minimum Gasteiger partial charge on any atom is -0.461 e. The second-order valence-electron chi connectivity index (χ2n) is 11.6. The maximum Gasteiger partial charge on any atom is 0.316 e. The van der Waals surface area contributed by atoms with Crippen molar-refractivity contribution >= 4 is 23.5 Å². The fraction of sp³-hybridized carbons (Fsp3) is 0.655. The van der Waals surface area contributed by atoms with E-state index in [1.807, 2.05) is 37.3 Å². The Hall–Kier alpha value is -1.63. The first kappa shape index (κ1) is 26.4. The highest BCUT2D eigenvalue weighted by atomic mass is 32.2. The summed E-state index contributed by atoms with van der Waals surface area (Å²) in [4.78, 5) is 27.5. The van der Waals surface area contributed by atoms with E-state index < -0.39 is 23.0 Å². The predicted octanol–water partition coefficient (Wildman–Crippen LogP) is 5.18. The molecule has 3 aliphatic rings. The van der Waals surface area contributed by atoms with Crippen molar-refractivity contribution in [3.63, 3.8) is 0 Å². The minimum atomic E-state index is -0.668. The topological polar surface area (TPSA) is 83.8 Å². The molecule has 2 N–H and O–H groups in total. The van der Waals surface area contributed by atoms with E-state index in [0.29, 0.717) is 12.8 Å². The SMILES string of the molecule is C=C[C@]1(C)C[C@@H](OC(=O)CSc2ccccc2CO)[C@]2(C)C(C)CCC3(CCC(=O)C32)[C@@H](C)[C@@H]1O. The zero-order chi connectivity index (χ0) is 25.6. The quantitative estimate of drug-likeness (QED) is 0.318. The molecule has 0 amide bonds. The number of ketones is 1. The maximum absolute atomic E-state index is 13.5. The van der Waals surface area contributed by atoms with Gasteiger partial charge in [0.15, 0.2) is 0 Å². The first-order valence-corrected chi connectivity index (χ1v) is 13.9. The third kappa shape index (κ3) is 4.19. The number of aliphatic hydroxyl groups excluding tert-OH is 2. The summed E-state index contributed by atoms with van der Waals surface area (Å²) in [6, 6.07) is 7.48. The van der Waals surface area contributed by atoms with Gasteiger partial charge in [-0.3, -0.25) is 9.59 Å². The van der Waals surface area contributed by atoms with Gasteiger partial charge in [0.05, 0.1) is 18.5 Å². The van der Waals surface area contributed by atoms with Crippen molar-refractivity contribution in [1.82, 2.24) is 0 Å². The maximum atomic E-state index is 13.5. The van der Waals surface area contributed by atoms with Crippen LogP contribution in [-0.4, -0.2) is 39.9 Å². The number of ether oxygens (including phenoxy) is 1. The third-order valence-electron chi connectivity index (χ3n) is 10.1. The van der Waals surface area contributed by atoms with Gasteiger partial charge in [0.25, 0.3) is 0 Å². The lowest BCUT2D eigenvalue weighted by Gasteiger charge is -2.61. The van der Waals surface area contributed by atoms with Gasteiger partial charge in [0.1, 0.15) is 11.9 Å². The average molecular weight is 501 g/mol. The summed E-state index contributed by atoms with van der Waals surface area (Å²) in [5.41, 5.74) is -0.639. The van der Waals surface area contributed by atoms with Gasteiger partial charge in [-0.2, -0.15) is 0 Å². The molecule has 6 heteroatoms. The number of carbonyl (C=O) groups is 2. The van der Waals surface area contributed by atoms with E-state index in [-0.39, 0.29) is 47.3 Å². The number of thioether (sulfide) groups is 1. The van der Waals surface area contributed by atoms with Gasteiger partial charge < -0.3 is 14.9 Å². The molecule has 2 bridgehead atoms. The van der Waals surface area contributed by atoms with Crippen LogP contribution in [0.15, 0.2) is 41.8 Å². The van der Waals surface area contributed by atoms with E-state index in [9.17, 15) is 19.8 Å². The highest BCUT2D eigenvalue weighted by Crippen LogP contribution is 2.68. The number of benzene rings is 1. The molecule has 3 unspecified atom stereocenters. The van der Waals surface area contributed by atoms with Crippen LogP contribution in [0.1, 0.15) is 65.4 Å². The van der Waals surface area contributed by atoms with Crippen LogP contribution in [-0.2, 0) is 20.9 Å². The van der Waals surface area contributed by atoms with Gasteiger partial charge in [-0.25, -0.2) is 0 Å². The molecule has 5 nitrogen and oxygen atoms in total. The van der Waals surface area contributed by atoms with Crippen LogP contribution in [0.3, 0.4) is 0 Å². The van der Waals surface area contributed by atoms with Gasteiger partial charge in [-0.1, -0.05) is 52.0 Å². The van der Waals surface area contributed by atoms with Crippen LogP contribution in [0.25, 0.3) is 0 Å². The second-order valence-corrected chi connectivity index (χ2v) is 12.6. The molecule has 1 aromatic rings. The fourth-order valence-corrected chi connectivity index (χ4v) is 8.44. The molecule has 0 radical (unpaired) electrons. The number of carbonyl (C=O) groups excluding carboxylic acids is 2. The van der Waals surface area contributed by atoms with E-state index in [1.165, 1.54) is 11.8 Å². The summed E-state index contributed by atoms with van der Waals surface area (Å²) < 4.78 is 6.28. The van der Waals surface area contributed by atoms with Crippen LogP contribution in [0.5, 0.6) is 0 Å². The zero-order valence-electron chi connectivity index (χ0n) is 21.5. The molecule has 1 aromatic carbocycles. The van der Waals surface area contributed by atoms with Crippen LogP contribution in [0.4, 0.5) is 0 Å². The molecule has 3 aliphatic carbocycles. The lowest BCUT2D eigenvalue weighted by Crippen LogP contribution is -2.63. The Labute approximate surface area is 213 Å². The van der Waals surface area contributed by atoms with E-state index in [0.717, 1.165) is 29.7 Å². The highest BCUT2D eigenvalue weighted by molar-refractivity contribution is 8.00. The van der Waals surface area contributed by atoms with Gasteiger partial charge >= 0.3 is 5.97 Å². The molecule has 3 fully saturated rings. The van der Waals surface area contributed by atoms with E-state index in [1.54, 1.807) is 0 Å². The lowest BCUT2D eigenvalue weighted by molar-refractivity contribution is -0.205. The first-order valence-electron chi connectivity index (χ1n) is 12.9. The van der Waals surface area contributed by atoms with Crippen molar-refractivity contribution in [3.05, 3.63) is 42.5 Å². The molecule has 0 aromatic heterocycles. The summed E-state index contributed by atoms with van der Waals surface area (Å²) in [5, 5.41) is 21.2. The van der Waals surface area contributed by atoms with Crippen LogP contribution in [0.2, 0.25) is 0 Å². The third-order valence-corrected chi connectivity index (χ3v) is 11.2. The summed E-state index contributed by atoms with van der Waals surface area (Å²) in [5.74, 6) is -0.0233. The number of hydrogen-bond donors (Lipinski definition) is 2. The van der Waals surface area contributed by atoms with Crippen molar-refractivity contribution in [2.45, 2.75) is 83.5 Å². The second kappa shape index (κ2) is 9.68. The molecule has 0 aliphatic heterocycles. The van der Waals surface area contributed by atoms with E-state index in [2.05, 4.69) is 27.4 Å². The number of aliphatic hydroxyl groups is 2. The van der Waals surface area contributed by atoms with Crippen molar-refractivity contribution < 1.29 is 24.5 Å².